The maximum absolute atomic E-state index is 5.53. The molecule has 0 spiro atoms. The minimum atomic E-state index is 0.185. The molecule has 0 saturated carbocycles. The van der Waals surface area contributed by atoms with Crippen molar-refractivity contribution in [1.29, 1.82) is 0 Å². The normalized spacial score (nSPS) is 11.2. The van der Waals surface area contributed by atoms with E-state index in [-0.39, 0.29) is 5.92 Å². The highest BCUT2D eigenvalue weighted by molar-refractivity contribution is 5.95. The lowest BCUT2D eigenvalue weighted by Crippen LogP contribution is -2.08. The Kier molecular flexibility index (Phi) is 5.70. The number of anilines is 1. The van der Waals surface area contributed by atoms with Crippen LogP contribution in [0.1, 0.15) is 36.6 Å². The molecule has 4 rings (SSSR count). The first-order valence-corrected chi connectivity index (χ1v) is 10.1. The van der Waals surface area contributed by atoms with E-state index in [1.807, 2.05) is 31.2 Å². The first-order valence-electron chi connectivity index (χ1n) is 10.1. The highest BCUT2D eigenvalue weighted by Gasteiger charge is 2.23. The van der Waals surface area contributed by atoms with Gasteiger partial charge in [0, 0.05) is 30.6 Å². The number of aryl methyl sites for hydroxylation is 1. The number of rotatable bonds is 7. The summed E-state index contributed by atoms with van der Waals surface area (Å²) in [5.74, 6) is 1.32. The summed E-state index contributed by atoms with van der Waals surface area (Å²) in [6, 6.07) is 7.73. The van der Waals surface area contributed by atoms with Gasteiger partial charge in [-0.05, 0) is 30.5 Å². The Bertz CT molecular complexity index is 1200. The summed E-state index contributed by atoms with van der Waals surface area (Å²) in [4.78, 5) is 13.7. The Hall–Kier alpha value is -3.68. The molecular weight excluding hydrogens is 392 g/mol. The Morgan fingerprint density at radius 1 is 1.06 bits per heavy atom. The van der Waals surface area contributed by atoms with E-state index in [4.69, 9.17) is 14.5 Å². The van der Waals surface area contributed by atoms with Crippen molar-refractivity contribution >= 4 is 16.7 Å². The molecule has 0 aliphatic rings. The fraction of sp³-hybridized carbons (Fsp3) is 0.304. The lowest BCUT2D eigenvalue weighted by molar-refractivity contribution is 0.397. The second-order valence-corrected chi connectivity index (χ2v) is 7.57. The standard InChI is InChI=1S/C23H26N6O2/c1-13(2)18-20(16-7-6-10-24-23(16)31-5)27-19-14(3)28-29-22(19)21(18)26-12-15-8-9-17(30-4)25-11-15/h6-11,13H,12H2,1-5H3,(H,26,27)(H,28,29). The van der Waals surface area contributed by atoms with E-state index in [1.54, 1.807) is 26.6 Å². The van der Waals surface area contributed by atoms with Gasteiger partial charge in [0.25, 0.3) is 0 Å². The molecule has 0 fully saturated rings. The Morgan fingerprint density at radius 3 is 2.58 bits per heavy atom. The molecule has 0 atom stereocenters. The Morgan fingerprint density at radius 2 is 1.90 bits per heavy atom. The first kappa shape index (κ1) is 20.6. The second-order valence-electron chi connectivity index (χ2n) is 7.57. The van der Waals surface area contributed by atoms with Crippen LogP contribution in [0, 0.1) is 6.92 Å². The molecule has 2 N–H and O–H groups in total. The minimum absolute atomic E-state index is 0.185. The highest BCUT2D eigenvalue weighted by Crippen LogP contribution is 2.40. The number of methoxy groups -OCH3 is 2. The SMILES string of the molecule is COc1ccc(CNc2c(C(C)C)c(-c3cccnc3OC)nc3c(C)[nH]nc23)cn1. The monoisotopic (exact) mass is 418 g/mol. The van der Waals surface area contributed by atoms with Gasteiger partial charge in [0.1, 0.15) is 11.0 Å². The number of H-pyrrole nitrogens is 1. The largest absolute Gasteiger partial charge is 0.481 e. The number of pyridine rings is 3. The summed E-state index contributed by atoms with van der Waals surface area (Å²) >= 11 is 0. The third kappa shape index (κ3) is 3.88. The predicted octanol–water partition coefficient (Wildman–Crippen LogP) is 4.48. The molecule has 0 aliphatic heterocycles. The van der Waals surface area contributed by atoms with Crippen molar-refractivity contribution in [2.24, 2.45) is 0 Å². The van der Waals surface area contributed by atoms with E-state index in [2.05, 4.69) is 39.3 Å². The van der Waals surface area contributed by atoms with E-state index < -0.39 is 0 Å². The number of nitrogens with zero attached hydrogens (tertiary/aromatic N) is 4. The van der Waals surface area contributed by atoms with Gasteiger partial charge in [-0.2, -0.15) is 5.10 Å². The lowest BCUT2D eigenvalue weighted by atomic mass is 9.94. The molecular formula is C23H26N6O2. The molecule has 4 aromatic heterocycles. The predicted molar refractivity (Wildman–Crippen MR) is 121 cm³/mol. The zero-order valence-electron chi connectivity index (χ0n) is 18.4. The van der Waals surface area contributed by atoms with Gasteiger partial charge in [0.15, 0.2) is 0 Å². The Balaban J connectivity index is 1.87. The van der Waals surface area contributed by atoms with E-state index in [0.29, 0.717) is 18.3 Å². The van der Waals surface area contributed by atoms with Crippen LogP contribution in [0.25, 0.3) is 22.3 Å². The van der Waals surface area contributed by atoms with Crippen molar-refractivity contribution in [1.82, 2.24) is 25.1 Å². The smallest absolute Gasteiger partial charge is 0.222 e. The van der Waals surface area contributed by atoms with Gasteiger partial charge >= 0.3 is 0 Å². The lowest BCUT2D eigenvalue weighted by Gasteiger charge is -2.20. The molecule has 4 aromatic rings. The van der Waals surface area contributed by atoms with Crippen molar-refractivity contribution in [2.45, 2.75) is 33.2 Å². The van der Waals surface area contributed by atoms with Crippen LogP contribution in [0.15, 0.2) is 36.7 Å². The molecule has 0 bridgehead atoms. The van der Waals surface area contributed by atoms with Crippen molar-refractivity contribution in [2.75, 3.05) is 19.5 Å². The average molecular weight is 419 g/mol. The Labute approximate surface area is 181 Å². The van der Waals surface area contributed by atoms with Crippen LogP contribution in [-0.2, 0) is 6.54 Å². The molecule has 160 valence electrons. The maximum Gasteiger partial charge on any atom is 0.222 e. The number of fused-ring (bicyclic) bond motifs is 1. The molecule has 8 heteroatoms. The van der Waals surface area contributed by atoms with E-state index in [1.165, 1.54) is 0 Å². The minimum Gasteiger partial charge on any atom is -0.481 e. The summed E-state index contributed by atoms with van der Waals surface area (Å²) in [6.07, 6.45) is 3.52. The van der Waals surface area contributed by atoms with Gasteiger partial charge < -0.3 is 14.8 Å². The van der Waals surface area contributed by atoms with Gasteiger partial charge in [-0.15, -0.1) is 0 Å². The number of aromatic amines is 1. The molecule has 0 aliphatic carbocycles. The molecule has 0 unspecified atom stereocenters. The number of hydrogen-bond acceptors (Lipinski definition) is 7. The van der Waals surface area contributed by atoms with Crippen molar-refractivity contribution in [3.8, 4) is 23.0 Å². The van der Waals surface area contributed by atoms with Crippen LogP contribution in [0.4, 0.5) is 5.69 Å². The average Bonchev–Trinajstić information content (AvgIpc) is 3.17. The van der Waals surface area contributed by atoms with Crippen molar-refractivity contribution in [3.63, 3.8) is 0 Å². The van der Waals surface area contributed by atoms with Crippen LogP contribution in [0.2, 0.25) is 0 Å². The van der Waals surface area contributed by atoms with Crippen LogP contribution >= 0.6 is 0 Å². The second kappa shape index (κ2) is 8.59. The van der Waals surface area contributed by atoms with Crippen LogP contribution in [0.3, 0.4) is 0 Å². The van der Waals surface area contributed by atoms with Gasteiger partial charge in [-0.1, -0.05) is 19.9 Å². The maximum atomic E-state index is 5.53. The zero-order chi connectivity index (χ0) is 22.0. The molecule has 31 heavy (non-hydrogen) atoms. The number of nitrogens with one attached hydrogen (secondary N) is 2. The van der Waals surface area contributed by atoms with Crippen molar-refractivity contribution < 1.29 is 9.47 Å². The topological polar surface area (TPSA) is 97.8 Å². The summed E-state index contributed by atoms with van der Waals surface area (Å²) in [6.45, 7) is 6.85. The van der Waals surface area contributed by atoms with E-state index in [0.717, 1.165) is 44.8 Å². The van der Waals surface area contributed by atoms with Gasteiger partial charge in [0.05, 0.1) is 36.9 Å². The summed E-state index contributed by atoms with van der Waals surface area (Å²) in [7, 11) is 3.23. The number of ether oxygens (including phenoxy) is 2. The van der Waals surface area contributed by atoms with Gasteiger partial charge in [0.2, 0.25) is 11.8 Å². The van der Waals surface area contributed by atoms with Gasteiger partial charge in [-0.25, -0.2) is 15.0 Å². The van der Waals surface area contributed by atoms with Crippen LogP contribution in [0.5, 0.6) is 11.8 Å². The molecule has 0 saturated heterocycles. The number of hydrogen-bond donors (Lipinski definition) is 2. The molecule has 0 aromatic carbocycles. The molecule has 8 nitrogen and oxygen atoms in total. The quantitative estimate of drug-likeness (QED) is 0.457. The first-order chi connectivity index (χ1) is 15.0. The third-order valence-electron chi connectivity index (χ3n) is 5.17. The molecule has 4 heterocycles. The summed E-state index contributed by atoms with van der Waals surface area (Å²) in [5.41, 5.74) is 7.28. The van der Waals surface area contributed by atoms with Crippen LogP contribution < -0.4 is 14.8 Å². The van der Waals surface area contributed by atoms with E-state index >= 15 is 0 Å². The van der Waals surface area contributed by atoms with E-state index in [9.17, 15) is 0 Å². The fourth-order valence-electron chi connectivity index (χ4n) is 3.66. The summed E-state index contributed by atoms with van der Waals surface area (Å²) in [5, 5.41) is 11.2. The summed E-state index contributed by atoms with van der Waals surface area (Å²) < 4.78 is 10.7. The van der Waals surface area contributed by atoms with Crippen molar-refractivity contribution in [3.05, 3.63) is 53.5 Å². The van der Waals surface area contributed by atoms with Gasteiger partial charge in [-0.3, -0.25) is 5.10 Å². The number of aromatic nitrogens is 5. The highest BCUT2D eigenvalue weighted by atomic mass is 16.5. The van der Waals surface area contributed by atoms with Crippen LogP contribution in [-0.4, -0.2) is 39.4 Å². The molecule has 0 radical (unpaired) electrons. The zero-order valence-corrected chi connectivity index (χ0v) is 18.4. The fourth-order valence-corrected chi connectivity index (χ4v) is 3.66. The third-order valence-corrected chi connectivity index (χ3v) is 5.17. The molecule has 0 amide bonds.